The van der Waals surface area contributed by atoms with E-state index in [2.05, 4.69) is 11.9 Å². The lowest BCUT2D eigenvalue weighted by atomic mass is 9.92. The number of hydrogen-bond donors (Lipinski definition) is 14. The van der Waals surface area contributed by atoms with E-state index in [-0.39, 0.29) is 12.5 Å². The molecule has 0 spiro atoms. The molecule has 0 aromatic heterocycles. The molecule has 1 aliphatic carbocycles. The van der Waals surface area contributed by atoms with Gasteiger partial charge in [-0.15, -0.1) is 6.58 Å². The summed E-state index contributed by atoms with van der Waals surface area (Å²) in [5.41, 5.74) is 4.00. The van der Waals surface area contributed by atoms with Crippen LogP contribution in [0, 0.1) is 5.92 Å². The number of hydrogen-bond acceptors (Lipinski definition) is 23. The number of benzene rings is 2. The molecule has 4 aliphatic heterocycles. The molecule has 22 atom stereocenters. The van der Waals surface area contributed by atoms with E-state index in [1.807, 2.05) is 48.5 Å². The highest BCUT2D eigenvalue weighted by Gasteiger charge is 2.55. The number of carbonyl (C=O) groups excluding carboxylic acids is 1. The van der Waals surface area contributed by atoms with Crippen LogP contribution in [0.5, 0.6) is 0 Å². The molecule has 8 unspecified atom stereocenters. The quantitative estimate of drug-likeness (QED) is 0.0622. The van der Waals surface area contributed by atoms with Crippen LogP contribution in [0.15, 0.2) is 61.2 Å². The second-order valence-electron chi connectivity index (χ2n) is 17.6. The summed E-state index contributed by atoms with van der Waals surface area (Å²) >= 11 is 0. The molecule has 14 N–H and O–H groups in total. The maximum absolute atomic E-state index is 13.1. The Balaban J connectivity index is 0.948. The Hall–Kier alpha value is -3.39. The van der Waals surface area contributed by atoms with Crippen molar-refractivity contribution in [2.75, 3.05) is 39.6 Å². The number of aliphatic hydroxyl groups is 13. The van der Waals surface area contributed by atoms with E-state index in [4.69, 9.17) is 42.6 Å². The summed E-state index contributed by atoms with van der Waals surface area (Å²) in [6, 6.07) is 14.3. The zero-order valence-corrected chi connectivity index (χ0v) is 37.3. The molecule has 2 aromatic rings. The van der Waals surface area contributed by atoms with Gasteiger partial charge in [0.05, 0.1) is 51.3 Å². The molecule has 4 fully saturated rings. The molecular weight excluding hydrogens is 922 g/mol. The van der Waals surface area contributed by atoms with Crippen LogP contribution in [0.25, 0.3) is 11.1 Å². The first-order chi connectivity index (χ1) is 33.1. The van der Waals surface area contributed by atoms with Crippen molar-refractivity contribution in [2.24, 2.45) is 5.92 Å². The molecule has 5 aliphatic rings. The molecule has 4 saturated heterocycles. The van der Waals surface area contributed by atoms with Gasteiger partial charge in [0, 0.05) is 11.8 Å². The van der Waals surface area contributed by atoms with Crippen LogP contribution in [0.4, 0.5) is 4.79 Å². The minimum atomic E-state index is -2.08. The van der Waals surface area contributed by atoms with Gasteiger partial charge in [0.1, 0.15) is 92.1 Å². The van der Waals surface area contributed by atoms with E-state index >= 15 is 0 Å². The lowest BCUT2D eigenvalue weighted by molar-refractivity contribution is -0.387. The van der Waals surface area contributed by atoms with Crippen LogP contribution >= 0.6 is 0 Å². The number of nitrogens with one attached hydrogen (secondary N) is 1. The Morgan fingerprint density at radius 1 is 0.609 bits per heavy atom. The second-order valence-corrected chi connectivity index (χ2v) is 17.6. The smallest absolute Gasteiger partial charge is 0.407 e. The van der Waals surface area contributed by atoms with Crippen LogP contribution in [-0.2, 0) is 42.6 Å². The van der Waals surface area contributed by atoms with Crippen LogP contribution < -0.4 is 5.32 Å². The monoisotopic (exact) mass is 985 g/mol. The third-order valence-electron chi connectivity index (χ3n) is 13.3. The van der Waals surface area contributed by atoms with Crippen molar-refractivity contribution < 1.29 is 114 Å². The Morgan fingerprint density at radius 2 is 1.07 bits per heavy atom. The highest BCUT2D eigenvalue weighted by atomic mass is 16.8. The number of alkyl carbamates (subject to hydrolysis) is 1. The van der Waals surface area contributed by atoms with Crippen molar-refractivity contribution >= 4 is 6.09 Å². The molecule has 2 aromatic carbocycles. The Bertz CT molecular complexity index is 1930. The first kappa shape index (κ1) is 53.4. The number of rotatable bonds is 18. The van der Waals surface area contributed by atoms with Crippen molar-refractivity contribution in [1.82, 2.24) is 5.32 Å². The predicted octanol–water partition coefficient (Wildman–Crippen LogP) is -5.00. The van der Waals surface area contributed by atoms with E-state index in [0.29, 0.717) is 0 Å². The average Bonchev–Trinajstić information content (AvgIpc) is 3.68. The zero-order chi connectivity index (χ0) is 49.8. The van der Waals surface area contributed by atoms with Gasteiger partial charge in [-0.1, -0.05) is 61.5 Å². The van der Waals surface area contributed by atoms with Crippen molar-refractivity contribution in [2.45, 2.75) is 142 Å². The number of ether oxygens (including phenoxy) is 9. The summed E-state index contributed by atoms with van der Waals surface area (Å²) in [5.74, 6) is -1.22. The minimum absolute atomic E-state index is 0.0366. The molecule has 7 rings (SSSR count). The fraction of sp³-hybridized carbons (Fsp3) is 0.667. The molecule has 0 bridgehead atoms. The molecular formula is C45H63NO23. The third-order valence-corrected chi connectivity index (χ3v) is 13.3. The van der Waals surface area contributed by atoms with Gasteiger partial charge in [0.15, 0.2) is 25.2 Å². The number of fused-ring (bicyclic) bond motifs is 3. The van der Waals surface area contributed by atoms with E-state index < -0.39 is 174 Å². The summed E-state index contributed by atoms with van der Waals surface area (Å²) < 4.78 is 51.2. The molecule has 0 radical (unpaired) electrons. The lowest BCUT2D eigenvalue weighted by Gasteiger charge is -2.49. The largest absolute Gasteiger partial charge is 0.449 e. The molecule has 1 amide bonds. The average molecular weight is 986 g/mol. The topological polar surface area (TPSA) is 375 Å². The van der Waals surface area contributed by atoms with Crippen LogP contribution in [0.1, 0.15) is 24.0 Å². The zero-order valence-electron chi connectivity index (χ0n) is 37.3. The number of amides is 1. The summed E-state index contributed by atoms with van der Waals surface area (Å²) in [6.45, 7) is 1.02. The summed E-state index contributed by atoms with van der Waals surface area (Å²) in [4.78, 5) is 13.1. The lowest BCUT2D eigenvalue weighted by Crippen LogP contribution is -2.67. The SMILES string of the molecule is C=C[C@@H](O)[C@H](CO[C@@H]1OC(CO)[C@@H](O[C@@H]2OC(CO)[C@H](O[C@H]3OC(CO)[C@H](O)[C@H](O[C@@H]4OC(CO)[C@H](O)[C@H](O)C4C)C3O)[C@H](O)C2O)[C@H](O)C1O)NC(=O)OCC1c2ccccc2-c2ccccc21. The van der Waals surface area contributed by atoms with Gasteiger partial charge in [0.25, 0.3) is 0 Å². The fourth-order valence-electron chi connectivity index (χ4n) is 9.24. The van der Waals surface area contributed by atoms with Gasteiger partial charge >= 0.3 is 6.09 Å². The number of aliphatic hydroxyl groups excluding tert-OH is 13. The maximum atomic E-state index is 13.1. The highest BCUT2D eigenvalue weighted by molar-refractivity contribution is 5.79. The van der Waals surface area contributed by atoms with Crippen LogP contribution in [-0.4, -0.2) is 241 Å². The minimum Gasteiger partial charge on any atom is -0.449 e. The molecule has 386 valence electrons. The van der Waals surface area contributed by atoms with E-state index in [1.165, 1.54) is 6.92 Å². The van der Waals surface area contributed by atoms with Crippen molar-refractivity contribution in [3.8, 4) is 11.1 Å². The van der Waals surface area contributed by atoms with E-state index in [0.717, 1.165) is 28.3 Å². The second kappa shape index (κ2) is 23.4. The van der Waals surface area contributed by atoms with Gasteiger partial charge in [-0.25, -0.2) is 4.79 Å². The Morgan fingerprint density at radius 3 is 1.62 bits per heavy atom. The normalized spacial score (nSPS) is 40.0. The van der Waals surface area contributed by atoms with Crippen LogP contribution in [0.3, 0.4) is 0 Å². The van der Waals surface area contributed by atoms with Crippen molar-refractivity contribution in [3.63, 3.8) is 0 Å². The first-order valence-corrected chi connectivity index (χ1v) is 22.6. The number of carbonyl (C=O) groups is 1. The maximum Gasteiger partial charge on any atom is 0.407 e. The van der Waals surface area contributed by atoms with Crippen molar-refractivity contribution in [3.05, 3.63) is 72.3 Å². The van der Waals surface area contributed by atoms with Gasteiger partial charge in [-0.2, -0.15) is 0 Å². The van der Waals surface area contributed by atoms with Gasteiger partial charge in [-0.3, -0.25) is 0 Å². The Kier molecular flexibility index (Phi) is 18.1. The predicted molar refractivity (Wildman–Crippen MR) is 229 cm³/mol. The molecule has 69 heavy (non-hydrogen) atoms. The van der Waals surface area contributed by atoms with Gasteiger partial charge in [-0.05, 0) is 22.3 Å². The summed E-state index contributed by atoms with van der Waals surface area (Å²) in [6.07, 6.45) is -33.8. The van der Waals surface area contributed by atoms with Crippen LogP contribution in [0.2, 0.25) is 0 Å². The Labute approximate surface area is 395 Å². The summed E-state index contributed by atoms with van der Waals surface area (Å²) in [7, 11) is 0. The third kappa shape index (κ3) is 11.2. The van der Waals surface area contributed by atoms with Gasteiger partial charge in [0.2, 0.25) is 0 Å². The van der Waals surface area contributed by atoms with Gasteiger partial charge < -0.3 is 114 Å². The first-order valence-electron chi connectivity index (χ1n) is 22.6. The molecule has 24 heteroatoms. The fourth-order valence-corrected chi connectivity index (χ4v) is 9.24. The molecule has 24 nitrogen and oxygen atoms in total. The van der Waals surface area contributed by atoms with E-state index in [9.17, 15) is 71.2 Å². The van der Waals surface area contributed by atoms with E-state index in [1.54, 1.807) is 0 Å². The highest BCUT2D eigenvalue weighted by Crippen LogP contribution is 2.44. The molecule has 0 saturated carbocycles. The van der Waals surface area contributed by atoms with Crippen molar-refractivity contribution in [1.29, 1.82) is 0 Å². The molecule has 4 heterocycles. The standard InChI is InChI=1S/C45H63NO23/c1-3-25(51)24(46-45(60)62-16-23-21-10-6-4-8-19(21)20-9-5-7-11-22(20)23)17-61-42-35(57)33(55)38(28(14-49)65-42)67-43-36(58)34(56)39(29(15-50)66-43)68-44-37(59)40(32(54)27(13-48)64-44)69-41-18(2)30(52)31(53)26(12-47)63-41/h3-11,18,23-44,47-59H,1,12-17H2,2H3,(H,46,60)/t18?,24-,25+,26?,27?,28?,29?,30+,31-,32-,33+,34+,35?,36?,37?,38+,39-,40-,41-,42+,43-,44+/m0/s1. The summed E-state index contributed by atoms with van der Waals surface area (Å²) in [5, 5.41) is 141.